The van der Waals surface area contributed by atoms with Crippen LogP contribution in [-0.2, 0) is 15.8 Å². The van der Waals surface area contributed by atoms with Gasteiger partial charge in [0.25, 0.3) is 5.91 Å². The van der Waals surface area contributed by atoms with Gasteiger partial charge in [0.05, 0.1) is 18.5 Å². The van der Waals surface area contributed by atoms with Gasteiger partial charge in [0.2, 0.25) is 6.10 Å². The van der Waals surface area contributed by atoms with Crippen molar-refractivity contribution < 1.29 is 27.5 Å². The first-order valence-electron chi connectivity index (χ1n) is 10.8. The van der Waals surface area contributed by atoms with Gasteiger partial charge < -0.3 is 14.9 Å². The lowest BCUT2D eigenvalue weighted by Gasteiger charge is -2.11. The highest BCUT2D eigenvalue weighted by Crippen LogP contribution is 2.43. The van der Waals surface area contributed by atoms with E-state index in [0.29, 0.717) is 28.5 Å². The minimum Gasteiger partial charge on any atom is -0.496 e. The summed E-state index contributed by atoms with van der Waals surface area (Å²) in [6, 6.07) is 14.9. The molecule has 2 heterocycles. The third kappa shape index (κ3) is 4.35. The van der Waals surface area contributed by atoms with E-state index in [-0.39, 0.29) is 18.2 Å². The van der Waals surface area contributed by atoms with E-state index in [1.807, 2.05) is 18.2 Å². The van der Waals surface area contributed by atoms with Crippen molar-refractivity contribution in [2.24, 2.45) is 5.16 Å². The summed E-state index contributed by atoms with van der Waals surface area (Å²) in [7, 11) is 1.56. The molecule has 1 aliphatic carbocycles. The fourth-order valence-electron chi connectivity index (χ4n) is 3.88. The van der Waals surface area contributed by atoms with Crippen LogP contribution in [0, 0.1) is 0 Å². The molecule has 0 saturated heterocycles. The van der Waals surface area contributed by atoms with Crippen molar-refractivity contribution in [3.8, 4) is 11.4 Å². The summed E-state index contributed by atoms with van der Waals surface area (Å²) in [6.45, 7) is 0. The summed E-state index contributed by atoms with van der Waals surface area (Å²) in [5, 5.41) is 10.6. The smallest absolute Gasteiger partial charge is 0.435 e. The Balaban J connectivity index is 1.27. The number of nitrogens with zero attached hydrogens (tertiary/aromatic N) is 3. The molecule has 3 aromatic rings. The van der Waals surface area contributed by atoms with Crippen LogP contribution in [0.3, 0.4) is 0 Å². The molecule has 1 N–H and O–H groups in total. The Labute approximate surface area is 193 Å². The van der Waals surface area contributed by atoms with Crippen molar-refractivity contribution >= 4 is 17.3 Å². The number of anilines is 1. The maximum absolute atomic E-state index is 13.2. The first-order chi connectivity index (χ1) is 16.3. The topological polar surface area (TPSA) is 77.7 Å². The van der Waals surface area contributed by atoms with Gasteiger partial charge in [-0.1, -0.05) is 17.3 Å². The standard InChI is InChI=1S/C24H21F3N4O3/c1-33-20-5-3-2-4-17(20)18-12-21(34-30-18)23(32)28-15-8-10-16(11-9-15)31-19(14-6-7-14)13-22(29-31)24(25,26)27/h2-5,8-11,13-14,21H,6-7,12H2,1H3,(H,28,32)/t21-/m1/s1. The summed E-state index contributed by atoms with van der Waals surface area (Å²) >= 11 is 0. The number of alkyl halides is 3. The van der Waals surface area contributed by atoms with E-state index in [1.165, 1.54) is 4.68 Å². The Bertz CT molecular complexity index is 1250. The van der Waals surface area contributed by atoms with E-state index in [2.05, 4.69) is 15.6 Å². The zero-order chi connectivity index (χ0) is 23.9. The Morgan fingerprint density at radius 3 is 2.56 bits per heavy atom. The Morgan fingerprint density at radius 2 is 1.88 bits per heavy atom. The molecule has 2 aromatic carbocycles. The summed E-state index contributed by atoms with van der Waals surface area (Å²) in [6.07, 6.45) is -3.34. The number of benzene rings is 2. The van der Waals surface area contributed by atoms with Gasteiger partial charge in [-0.2, -0.15) is 18.3 Å². The van der Waals surface area contributed by atoms with Gasteiger partial charge in [0.15, 0.2) is 5.69 Å². The number of hydrogen-bond acceptors (Lipinski definition) is 5. The average molecular weight is 470 g/mol. The van der Waals surface area contributed by atoms with Crippen LogP contribution < -0.4 is 10.1 Å². The maximum atomic E-state index is 13.2. The first-order valence-corrected chi connectivity index (χ1v) is 10.8. The van der Waals surface area contributed by atoms with E-state index in [9.17, 15) is 18.0 Å². The van der Waals surface area contributed by atoms with Crippen molar-refractivity contribution in [2.45, 2.75) is 37.5 Å². The number of ether oxygens (including phenoxy) is 1. The van der Waals surface area contributed by atoms with Crippen molar-refractivity contribution in [1.82, 2.24) is 9.78 Å². The van der Waals surface area contributed by atoms with Gasteiger partial charge in [-0.25, -0.2) is 4.68 Å². The van der Waals surface area contributed by atoms with Gasteiger partial charge in [-0.15, -0.1) is 0 Å². The SMILES string of the molecule is COc1ccccc1C1=NO[C@@H](C(=O)Nc2ccc(-n3nc(C(F)(F)F)cc3C3CC3)cc2)C1. The quantitative estimate of drug-likeness (QED) is 0.556. The molecule has 176 valence electrons. The van der Waals surface area contributed by atoms with E-state index in [1.54, 1.807) is 37.4 Å². The van der Waals surface area contributed by atoms with Crippen molar-refractivity contribution in [3.05, 3.63) is 71.5 Å². The summed E-state index contributed by atoms with van der Waals surface area (Å²) in [5.74, 6) is 0.345. The Morgan fingerprint density at radius 1 is 1.15 bits per heavy atom. The molecular formula is C24H21F3N4O3. The van der Waals surface area contributed by atoms with Crippen LogP contribution in [0.4, 0.5) is 18.9 Å². The molecule has 7 nitrogen and oxygen atoms in total. The zero-order valence-electron chi connectivity index (χ0n) is 18.2. The van der Waals surface area contributed by atoms with Crippen LogP contribution in [0.25, 0.3) is 5.69 Å². The van der Waals surface area contributed by atoms with Crippen LogP contribution >= 0.6 is 0 Å². The van der Waals surface area contributed by atoms with Gasteiger partial charge >= 0.3 is 6.18 Å². The number of methoxy groups -OCH3 is 1. The number of amides is 1. The molecule has 1 atom stereocenters. The van der Waals surface area contributed by atoms with Crippen LogP contribution in [-0.4, -0.2) is 34.6 Å². The predicted octanol–water partition coefficient (Wildman–Crippen LogP) is 4.91. The fraction of sp³-hybridized carbons (Fsp3) is 0.292. The minimum atomic E-state index is -4.51. The lowest BCUT2D eigenvalue weighted by atomic mass is 10.0. The van der Waals surface area contributed by atoms with E-state index in [0.717, 1.165) is 24.5 Å². The normalized spacial score (nSPS) is 17.8. The molecule has 10 heteroatoms. The molecular weight excluding hydrogens is 449 g/mol. The van der Waals surface area contributed by atoms with Gasteiger partial charge in [0.1, 0.15) is 5.75 Å². The molecule has 34 heavy (non-hydrogen) atoms. The van der Waals surface area contributed by atoms with Crippen LogP contribution in [0.5, 0.6) is 5.75 Å². The summed E-state index contributed by atoms with van der Waals surface area (Å²) in [4.78, 5) is 18.0. The highest BCUT2D eigenvalue weighted by molar-refractivity contribution is 6.07. The molecule has 1 aromatic heterocycles. The van der Waals surface area contributed by atoms with E-state index >= 15 is 0 Å². The number of aromatic nitrogens is 2. The second-order valence-corrected chi connectivity index (χ2v) is 8.21. The highest BCUT2D eigenvalue weighted by atomic mass is 19.4. The number of rotatable bonds is 6. The number of halogens is 3. The number of para-hydroxylation sites is 1. The third-order valence-corrected chi connectivity index (χ3v) is 5.78. The van der Waals surface area contributed by atoms with Gasteiger partial charge in [-0.05, 0) is 55.3 Å². The van der Waals surface area contributed by atoms with E-state index < -0.39 is 18.0 Å². The first kappa shape index (κ1) is 22.0. The van der Waals surface area contributed by atoms with Gasteiger partial charge in [0, 0.05) is 29.3 Å². The monoisotopic (exact) mass is 470 g/mol. The molecule has 0 bridgehead atoms. The lowest BCUT2D eigenvalue weighted by Crippen LogP contribution is -2.28. The molecule has 0 radical (unpaired) electrons. The molecule has 0 unspecified atom stereocenters. The summed E-state index contributed by atoms with van der Waals surface area (Å²) in [5.41, 5.74) is 1.99. The Hall–Kier alpha value is -3.82. The van der Waals surface area contributed by atoms with Crippen LogP contribution in [0.15, 0.2) is 59.8 Å². The number of carbonyl (C=O) groups is 1. The van der Waals surface area contributed by atoms with Crippen LogP contribution in [0.1, 0.15) is 42.1 Å². The molecule has 1 saturated carbocycles. The predicted molar refractivity (Wildman–Crippen MR) is 118 cm³/mol. The number of oxime groups is 1. The second kappa shape index (κ2) is 8.51. The van der Waals surface area contributed by atoms with E-state index in [4.69, 9.17) is 9.57 Å². The van der Waals surface area contributed by atoms with Crippen molar-refractivity contribution in [3.63, 3.8) is 0 Å². The second-order valence-electron chi connectivity index (χ2n) is 8.21. The number of carbonyl (C=O) groups excluding carboxylic acids is 1. The summed E-state index contributed by atoms with van der Waals surface area (Å²) < 4.78 is 46.2. The van der Waals surface area contributed by atoms with Crippen molar-refractivity contribution in [1.29, 1.82) is 0 Å². The minimum absolute atomic E-state index is 0.0833. The lowest BCUT2D eigenvalue weighted by molar-refractivity contribution is -0.141. The van der Waals surface area contributed by atoms with Gasteiger partial charge in [-0.3, -0.25) is 4.79 Å². The highest BCUT2D eigenvalue weighted by Gasteiger charge is 2.38. The van der Waals surface area contributed by atoms with Crippen molar-refractivity contribution in [2.75, 3.05) is 12.4 Å². The molecule has 1 fully saturated rings. The molecule has 1 aliphatic heterocycles. The molecule has 2 aliphatic rings. The third-order valence-electron chi connectivity index (χ3n) is 5.78. The van der Waals surface area contributed by atoms with Crippen LogP contribution in [0.2, 0.25) is 0 Å². The largest absolute Gasteiger partial charge is 0.496 e. The molecule has 0 spiro atoms. The maximum Gasteiger partial charge on any atom is 0.435 e. The average Bonchev–Trinajstić information content (AvgIpc) is 3.36. The number of hydrogen-bond donors (Lipinski definition) is 1. The Kier molecular flexibility index (Phi) is 5.51. The fourth-order valence-corrected chi connectivity index (χ4v) is 3.88. The number of nitrogens with one attached hydrogen (secondary N) is 1. The molecule has 1 amide bonds. The molecule has 5 rings (SSSR count). The zero-order valence-corrected chi connectivity index (χ0v) is 18.2.